The lowest BCUT2D eigenvalue weighted by atomic mass is 10.5. The third-order valence-electron chi connectivity index (χ3n) is 1.24. The molecule has 1 aliphatic rings. The first-order chi connectivity index (χ1) is 3.52. The van der Waals surface area contributed by atoms with Crippen molar-refractivity contribution in [1.29, 1.82) is 0 Å². The van der Waals surface area contributed by atoms with E-state index in [1.165, 1.54) is 11.9 Å². The van der Waals surface area contributed by atoms with Crippen LogP contribution in [0.3, 0.4) is 0 Å². The fourth-order valence-corrected chi connectivity index (χ4v) is 0.579. The second-order valence-corrected chi connectivity index (χ2v) is 2.00. The van der Waals surface area contributed by atoms with Crippen molar-refractivity contribution in [2.24, 2.45) is 0 Å². The van der Waals surface area contributed by atoms with E-state index in [9.17, 15) is 13.2 Å². The van der Waals surface area contributed by atoms with Crippen molar-refractivity contribution in [3.8, 4) is 0 Å². The van der Waals surface area contributed by atoms with E-state index in [-0.39, 0.29) is 6.54 Å². The molecule has 0 bridgehead atoms. The molecule has 8 heavy (non-hydrogen) atoms. The van der Waals surface area contributed by atoms with Crippen molar-refractivity contribution in [1.82, 2.24) is 4.90 Å². The molecule has 2 atom stereocenters. The summed E-state index contributed by atoms with van der Waals surface area (Å²) in [7, 11) is 1.46. The fraction of sp³-hybridized carbons (Fsp3) is 1.00. The molecular formula is C4H6F3N. The van der Waals surface area contributed by atoms with Crippen LogP contribution in [0.1, 0.15) is 0 Å². The molecule has 0 amide bonds. The van der Waals surface area contributed by atoms with Crippen molar-refractivity contribution < 1.29 is 13.2 Å². The normalized spacial score (nSPS) is 37.5. The summed E-state index contributed by atoms with van der Waals surface area (Å²) in [5, 5.41) is 0. The van der Waals surface area contributed by atoms with Gasteiger partial charge >= 0.3 is 6.18 Å². The predicted molar refractivity (Wildman–Crippen MR) is 22.5 cm³/mol. The van der Waals surface area contributed by atoms with Crippen LogP contribution in [0.4, 0.5) is 13.2 Å². The number of hydrogen-bond donors (Lipinski definition) is 0. The topological polar surface area (TPSA) is 3.01 Å². The van der Waals surface area contributed by atoms with E-state index in [2.05, 4.69) is 0 Å². The van der Waals surface area contributed by atoms with E-state index in [0.29, 0.717) is 0 Å². The summed E-state index contributed by atoms with van der Waals surface area (Å²) in [6, 6.07) is -1.15. The number of halogens is 3. The zero-order valence-corrected chi connectivity index (χ0v) is 4.37. The lowest BCUT2D eigenvalue weighted by molar-refractivity contribution is -0.135. The number of likely N-dealkylation sites (N-methyl/N-ethyl adjacent to an activating group) is 1. The Morgan fingerprint density at radius 1 is 1.50 bits per heavy atom. The van der Waals surface area contributed by atoms with Gasteiger partial charge in [0, 0.05) is 6.54 Å². The highest BCUT2D eigenvalue weighted by molar-refractivity contribution is 4.91. The Kier molecular flexibility index (Phi) is 1.01. The minimum Gasteiger partial charge on any atom is -0.292 e. The summed E-state index contributed by atoms with van der Waals surface area (Å²) in [6.07, 6.45) is -3.99. The highest BCUT2D eigenvalue weighted by Gasteiger charge is 2.52. The molecule has 0 N–H and O–H groups in total. The molecule has 0 aromatic carbocycles. The Bertz CT molecular complexity index is 97.9. The Morgan fingerprint density at radius 2 is 1.88 bits per heavy atom. The van der Waals surface area contributed by atoms with Crippen molar-refractivity contribution in [3.63, 3.8) is 0 Å². The van der Waals surface area contributed by atoms with Gasteiger partial charge in [-0.05, 0) is 7.05 Å². The lowest BCUT2D eigenvalue weighted by Crippen LogP contribution is -2.19. The molecule has 1 heterocycles. The zero-order chi connectivity index (χ0) is 6.36. The molecule has 4 heteroatoms. The van der Waals surface area contributed by atoms with Gasteiger partial charge in [0.15, 0.2) is 0 Å². The van der Waals surface area contributed by atoms with Crippen LogP contribution in [0, 0.1) is 0 Å². The minimum atomic E-state index is -3.99. The van der Waals surface area contributed by atoms with E-state index in [0.717, 1.165) is 0 Å². The Balaban J connectivity index is 2.39. The van der Waals surface area contributed by atoms with Gasteiger partial charge in [-0.3, -0.25) is 4.90 Å². The molecule has 1 aliphatic heterocycles. The molecule has 0 aromatic heterocycles. The largest absolute Gasteiger partial charge is 0.405 e. The molecule has 1 nitrogen and oxygen atoms in total. The van der Waals surface area contributed by atoms with Gasteiger partial charge in [0.1, 0.15) is 6.04 Å². The third-order valence-corrected chi connectivity index (χ3v) is 1.24. The summed E-state index contributed by atoms with van der Waals surface area (Å²) in [6.45, 7) is 0.170. The van der Waals surface area contributed by atoms with Crippen molar-refractivity contribution in [2.45, 2.75) is 12.2 Å². The first-order valence-electron chi connectivity index (χ1n) is 2.29. The van der Waals surface area contributed by atoms with Crippen LogP contribution in [0.2, 0.25) is 0 Å². The lowest BCUT2D eigenvalue weighted by Gasteiger charge is -2.01. The maximum atomic E-state index is 11.4. The summed E-state index contributed by atoms with van der Waals surface area (Å²) in [5.41, 5.74) is 0. The van der Waals surface area contributed by atoms with Crippen LogP contribution in [-0.4, -0.2) is 30.7 Å². The molecule has 1 fully saturated rings. The quantitative estimate of drug-likeness (QED) is 0.434. The van der Waals surface area contributed by atoms with Crippen LogP contribution in [0.5, 0.6) is 0 Å². The summed E-state index contributed by atoms with van der Waals surface area (Å²) >= 11 is 0. The van der Waals surface area contributed by atoms with Gasteiger partial charge in [-0.25, -0.2) is 0 Å². The number of rotatable bonds is 0. The summed E-state index contributed by atoms with van der Waals surface area (Å²) in [5.74, 6) is 0. The Labute approximate surface area is 45.1 Å². The fourth-order valence-electron chi connectivity index (χ4n) is 0.579. The zero-order valence-electron chi connectivity index (χ0n) is 4.37. The average Bonchev–Trinajstić information content (AvgIpc) is 2.13. The molecule has 0 aliphatic carbocycles. The van der Waals surface area contributed by atoms with Crippen LogP contribution >= 0.6 is 0 Å². The van der Waals surface area contributed by atoms with Crippen LogP contribution < -0.4 is 0 Å². The molecule has 1 saturated heterocycles. The molecular weight excluding hydrogens is 119 g/mol. The minimum absolute atomic E-state index is 0.170. The predicted octanol–water partition coefficient (Wildman–Crippen LogP) is 0.863. The van der Waals surface area contributed by atoms with E-state index < -0.39 is 12.2 Å². The first-order valence-corrected chi connectivity index (χ1v) is 2.29. The van der Waals surface area contributed by atoms with Gasteiger partial charge in [-0.15, -0.1) is 0 Å². The number of alkyl halides is 3. The molecule has 0 saturated carbocycles. The molecule has 48 valence electrons. The average molecular weight is 125 g/mol. The summed E-state index contributed by atoms with van der Waals surface area (Å²) in [4.78, 5) is 1.25. The second kappa shape index (κ2) is 1.37. The van der Waals surface area contributed by atoms with E-state index >= 15 is 0 Å². The third kappa shape index (κ3) is 0.940. The molecule has 0 spiro atoms. The van der Waals surface area contributed by atoms with Gasteiger partial charge in [0.05, 0.1) is 0 Å². The van der Waals surface area contributed by atoms with Crippen LogP contribution in [0.15, 0.2) is 0 Å². The highest BCUT2D eigenvalue weighted by Crippen LogP contribution is 2.32. The van der Waals surface area contributed by atoms with Crippen molar-refractivity contribution in [2.75, 3.05) is 13.6 Å². The monoisotopic (exact) mass is 125 g/mol. The van der Waals surface area contributed by atoms with Gasteiger partial charge in [0.25, 0.3) is 0 Å². The van der Waals surface area contributed by atoms with E-state index in [1.54, 1.807) is 0 Å². The first kappa shape index (κ1) is 5.88. The number of nitrogens with zero attached hydrogens (tertiary/aromatic N) is 1. The SMILES string of the molecule is CN1CC1C(F)(F)F. The smallest absolute Gasteiger partial charge is 0.292 e. The second-order valence-electron chi connectivity index (χ2n) is 2.00. The van der Waals surface area contributed by atoms with E-state index in [1.807, 2.05) is 0 Å². The van der Waals surface area contributed by atoms with Gasteiger partial charge < -0.3 is 0 Å². The molecule has 0 radical (unpaired) electrons. The Morgan fingerprint density at radius 3 is 1.88 bits per heavy atom. The van der Waals surface area contributed by atoms with Crippen molar-refractivity contribution >= 4 is 0 Å². The summed E-state index contributed by atoms with van der Waals surface area (Å²) < 4.78 is 34.3. The molecule has 1 rings (SSSR count). The van der Waals surface area contributed by atoms with Crippen molar-refractivity contribution in [3.05, 3.63) is 0 Å². The number of hydrogen-bond acceptors (Lipinski definition) is 1. The van der Waals surface area contributed by atoms with Crippen LogP contribution in [-0.2, 0) is 0 Å². The highest BCUT2D eigenvalue weighted by atomic mass is 19.4. The Hall–Kier alpha value is -0.250. The van der Waals surface area contributed by atoms with E-state index in [4.69, 9.17) is 0 Å². The maximum Gasteiger partial charge on any atom is 0.405 e. The van der Waals surface area contributed by atoms with Gasteiger partial charge in [-0.2, -0.15) is 13.2 Å². The standard InChI is InChI=1S/C4H6F3N/c1-8-2-3(8)4(5,6)7/h3H,2H2,1H3. The molecule has 2 unspecified atom stereocenters. The van der Waals surface area contributed by atoms with Gasteiger partial charge in [0.2, 0.25) is 0 Å². The van der Waals surface area contributed by atoms with Crippen LogP contribution in [0.25, 0.3) is 0 Å². The molecule has 0 aromatic rings. The van der Waals surface area contributed by atoms with Gasteiger partial charge in [-0.1, -0.05) is 0 Å². The maximum absolute atomic E-state index is 11.4.